The van der Waals surface area contributed by atoms with Crippen LogP contribution in [-0.2, 0) is 6.42 Å². The molecule has 0 aromatic carbocycles. The molecular formula is C9H10Cl3S. The SMILES string of the molecule is [CH2]CCCCc1c(Cl)sc(Cl)c1Cl. The first kappa shape index (κ1) is 11.6. The molecule has 0 aliphatic carbocycles. The van der Waals surface area contributed by atoms with Gasteiger partial charge in [0.25, 0.3) is 0 Å². The van der Waals surface area contributed by atoms with E-state index in [4.69, 9.17) is 34.8 Å². The molecule has 1 aromatic rings. The molecule has 0 unspecified atom stereocenters. The molecule has 73 valence electrons. The molecule has 0 atom stereocenters. The normalized spacial score (nSPS) is 10.8. The fourth-order valence-corrected chi connectivity index (χ4v) is 3.07. The molecular weight excluding hydrogens is 247 g/mol. The monoisotopic (exact) mass is 255 g/mol. The summed E-state index contributed by atoms with van der Waals surface area (Å²) in [6, 6.07) is 0. The standard InChI is InChI=1S/C9H10Cl3S/c1-2-3-4-5-6-7(10)9(12)13-8(6)11/h1-5H2. The van der Waals surface area contributed by atoms with Gasteiger partial charge in [0, 0.05) is 5.56 Å². The molecule has 0 aliphatic rings. The lowest BCUT2D eigenvalue weighted by molar-refractivity contribution is 0.748. The molecule has 4 heteroatoms. The van der Waals surface area contributed by atoms with E-state index in [9.17, 15) is 0 Å². The number of hydrogen-bond acceptors (Lipinski definition) is 1. The van der Waals surface area contributed by atoms with Gasteiger partial charge in [0.2, 0.25) is 0 Å². The van der Waals surface area contributed by atoms with Crippen LogP contribution in [0.5, 0.6) is 0 Å². The first-order chi connectivity index (χ1) is 6.16. The Hall–Kier alpha value is 0.570. The highest BCUT2D eigenvalue weighted by Gasteiger charge is 2.12. The van der Waals surface area contributed by atoms with Crippen LogP contribution in [0.3, 0.4) is 0 Å². The molecule has 0 saturated carbocycles. The second kappa shape index (κ2) is 5.45. The van der Waals surface area contributed by atoms with E-state index in [1.54, 1.807) is 0 Å². The quantitative estimate of drug-likeness (QED) is 0.645. The zero-order chi connectivity index (χ0) is 9.84. The number of rotatable bonds is 4. The molecule has 0 N–H and O–H groups in total. The lowest BCUT2D eigenvalue weighted by atomic mass is 10.1. The van der Waals surface area contributed by atoms with Gasteiger partial charge < -0.3 is 0 Å². The summed E-state index contributed by atoms with van der Waals surface area (Å²) in [5.74, 6) is 0. The number of thiophene rings is 1. The fraction of sp³-hybridized carbons (Fsp3) is 0.444. The van der Waals surface area contributed by atoms with Gasteiger partial charge in [-0.25, -0.2) is 0 Å². The van der Waals surface area contributed by atoms with Crippen molar-refractivity contribution in [1.82, 2.24) is 0 Å². The van der Waals surface area contributed by atoms with Crippen LogP contribution >= 0.6 is 46.1 Å². The molecule has 1 radical (unpaired) electrons. The van der Waals surface area contributed by atoms with Crippen LogP contribution in [0.2, 0.25) is 13.7 Å². The first-order valence-electron chi connectivity index (χ1n) is 4.08. The second-order valence-electron chi connectivity index (χ2n) is 2.75. The fourth-order valence-electron chi connectivity index (χ4n) is 1.08. The van der Waals surface area contributed by atoms with Crippen molar-refractivity contribution in [1.29, 1.82) is 0 Å². The van der Waals surface area contributed by atoms with E-state index in [2.05, 4.69) is 6.92 Å². The topological polar surface area (TPSA) is 0 Å². The molecule has 0 nitrogen and oxygen atoms in total. The molecule has 0 aliphatic heterocycles. The molecule has 13 heavy (non-hydrogen) atoms. The van der Waals surface area contributed by atoms with Crippen LogP contribution in [-0.4, -0.2) is 0 Å². The molecule has 1 rings (SSSR count). The number of unbranched alkanes of at least 4 members (excludes halogenated alkanes) is 2. The van der Waals surface area contributed by atoms with Crippen molar-refractivity contribution in [3.63, 3.8) is 0 Å². The van der Waals surface area contributed by atoms with Gasteiger partial charge in [-0.05, 0) is 12.8 Å². The average Bonchev–Trinajstić information content (AvgIpc) is 2.32. The van der Waals surface area contributed by atoms with Gasteiger partial charge in [-0.1, -0.05) is 54.6 Å². The zero-order valence-electron chi connectivity index (χ0n) is 7.08. The van der Waals surface area contributed by atoms with E-state index in [1.165, 1.54) is 11.3 Å². The van der Waals surface area contributed by atoms with Crippen LogP contribution in [0, 0.1) is 6.92 Å². The predicted molar refractivity (Wildman–Crippen MR) is 62.3 cm³/mol. The van der Waals surface area contributed by atoms with E-state index >= 15 is 0 Å². The Labute approximate surface area is 97.8 Å². The van der Waals surface area contributed by atoms with E-state index in [0.717, 1.165) is 35.6 Å². The summed E-state index contributed by atoms with van der Waals surface area (Å²) < 4.78 is 1.32. The van der Waals surface area contributed by atoms with E-state index < -0.39 is 0 Å². The summed E-state index contributed by atoms with van der Waals surface area (Å²) in [6.45, 7) is 3.78. The van der Waals surface area contributed by atoms with Gasteiger partial charge in [-0.2, -0.15) is 0 Å². The van der Waals surface area contributed by atoms with Crippen molar-refractivity contribution in [2.45, 2.75) is 25.7 Å². The lowest BCUT2D eigenvalue weighted by Crippen LogP contribution is -1.83. The lowest BCUT2D eigenvalue weighted by Gasteiger charge is -1.98. The molecule has 0 fully saturated rings. The minimum absolute atomic E-state index is 0.594. The van der Waals surface area contributed by atoms with E-state index in [1.807, 2.05) is 0 Å². The van der Waals surface area contributed by atoms with Crippen molar-refractivity contribution >= 4 is 46.1 Å². The van der Waals surface area contributed by atoms with Gasteiger partial charge in [-0.15, -0.1) is 11.3 Å². The Bertz CT molecular complexity index is 281. The van der Waals surface area contributed by atoms with E-state index in [0.29, 0.717) is 9.36 Å². The summed E-state index contributed by atoms with van der Waals surface area (Å²) in [4.78, 5) is 0. The Morgan fingerprint density at radius 3 is 2.23 bits per heavy atom. The highest BCUT2D eigenvalue weighted by molar-refractivity contribution is 7.20. The van der Waals surface area contributed by atoms with Gasteiger partial charge in [0.05, 0.1) is 9.36 Å². The third kappa shape index (κ3) is 3.02. The Kier molecular flexibility index (Phi) is 4.88. The Balaban J connectivity index is 2.64. The van der Waals surface area contributed by atoms with Crippen molar-refractivity contribution in [3.8, 4) is 0 Å². The summed E-state index contributed by atoms with van der Waals surface area (Å²) in [5.41, 5.74) is 0.992. The molecule has 0 spiro atoms. The minimum atomic E-state index is 0.594. The second-order valence-corrected chi connectivity index (χ2v) is 5.36. The first-order valence-corrected chi connectivity index (χ1v) is 6.03. The Morgan fingerprint density at radius 2 is 1.77 bits per heavy atom. The summed E-state index contributed by atoms with van der Waals surface area (Å²) >= 11 is 19.1. The van der Waals surface area contributed by atoms with Crippen LogP contribution < -0.4 is 0 Å². The largest absolute Gasteiger partial charge is 0.113 e. The van der Waals surface area contributed by atoms with E-state index in [-0.39, 0.29) is 0 Å². The smallest absolute Gasteiger partial charge is 0.110 e. The maximum atomic E-state index is 5.97. The predicted octanol–water partition coefficient (Wildman–Crippen LogP) is 5.26. The minimum Gasteiger partial charge on any atom is -0.110 e. The van der Waals surface area contributed by atoms with Crippen LogP contribution in [0.1, 0.15) is 24.8 Å². The highest BCUT2D eigenvalue weighted by Crippen LogP contribution is 2.40. The summed E-state index contributed by atoms with van der Waals surface area (Å²) in [5, 5.41) is 0.626. The molecule has 1 aromatic heterocycles. The van der Waals surface area contributed by atoms with Gasteiger partial charge in [0.15, 0.2) is 0 Å². The Morgan fingerprint density at radius 1 is 1.08 bits per heavy atom. The van der Waals surface area contributed by atoms with Gasteiger partial charge in [-0.3, -0.25) is 0 Å². The summed E-state index contributed by atoms with van der Waals surface area (Å²) in [6.07, 6.45) is 4.01. The van der Waals surface area contributed by atoms with Crippen LogP contribution in [0.15, 0.2) is 0 Å². The van der Waals surface area contributed by atoms with Crippen molar-refractivity contribution < 1.29 is 0 Å². The zero-order valence-corrected chi connectivity index (χ0v) is 10.2. The van der Waals surface area contributed by atoms with Crippen molar-refractivity contribution in [2.75, 3.05) is 0 Å². The van der Waals surface area contributed by atoms with Crippen LogP contribution in [0.25, 0.3) is 0 Å². The van der Waals surface area contributed by atoms with Crippen molar-refractivity contribution in [3.05, 3.63) is 26.2 Å². The van der Waals surface area contributed by atoms with Crippen LogP contribution in [0.4, 0.5) is 0 Å². The maximum Gasteiger partial charge on any atom is 0.113 e. The molecule has 0 amide bonds. The third-order valence-corrected chi connectivity index (χ3v) is 4.10. The number of hydrogen-bond donors (Lipinski definition) is 0. The molecule has 0 saturated heterocycles. The number of halogens is 3. The van der Waals surface area contributed by atoms with Crippen molar-refractivity contribution in [2.24, 2.45) is 0 Å². The maximum absolute atomic E-state index is 5.97. The van der Waals surface area contributed by atoms with Gasteiger partial charge in [0.1, 0.15) is 4.34 Å². The third-order valence-electron chi connectivity index (χ3n) is 1.78. The molecule has 1 heterocycles. The molecule has 0 bridgehead atoms. The average molecular weight is 257 g/mol. The highest BCUT2D eigenvalue weighted by atomic mass is 35.5. The summed E-state index contributed by atoms with van der Waals surface area (Å²) in [7, 11) is 0. The van der Waals surface area contributed by atoms with Gasteiger partial charge >= 0.3 is 0 Å².